The first-order chi connectivity index (χ1) is 8.28. The molecule has 1 aliphatic heterocycles. The zero-order chi connectivity index (χ0) is 11.8. The van der Waals surface area contributed by atoms with Crippen LogP contribution in [0.4, 0.5) is 0 Å². The lowest BCUT2D eigenvalue weighted by Crippen LogP contribution is -2.17. The van der Waals surface area contributed by atoms with Crippen molar-refractivity contribution in [3.8, 4) is 0 Å². The molecule has 0 fully saturated rings. The summed E-state index contributed by atoms with van der Waals surface area (Å²) in [5.74, 6) is 0.160. The third kappa shape index (κ3) is 1.87. The van der Waals surface area contributed by atoms with Crippen molar-refractivity contribution in [1.29, 1.82) is 0 Å². The van der Waals surface area contributed by atoms with Crippen molar-refractivity contribution in [2.75, 3.05) is 13.2 Å². The summed E-state index contributed by atoms with van der Waals surface area (Å²) in [4.78, 5) is 0. The summed E-state index contributed by atoms with van der Waals surface area (Å²) in [5, 5.41) is 10.5. The molecule has 2 heterocycles. The lowest BCUT2D eigenvalue weighted by Gasteiger charge is -2.12. The fraction of sp³-hybridized carbons (Fsp3) is 0.385. The van der Waals surface area contributed by atoms with Gasteiger partial charge in [0.2, 0.25) is 0 Å². The van der Waals surface area contributed by atoms with Crippen molar-refractivity contribution in [2.45, 2.75) is 13.2 Å². The van der Waals surface area contributed by atoms with Crippen LogP contribution < -0.4 is 5.46 Å². The quantitative estimate of drug-likeness (QED) is 0.723. The fourth-order valence-corrected chi connectivity index (χ4v) is 2.42. The van der Waals surface area contributed by atoms with Gasteiger partial charge in [0.05, 0.1) is 13.2 Å². The van der Waals surface area contributed by atoms with Crippen molar-refractivity contribution < 1.29 is 9.84 Å². The maximum Gasteiger partial charge on any atom is 0.113 e. The summed E-state index contributed by atoms with van der Waals surface area (Å²) >= 11 is 0. The molecule has 86 valence electrons. The summed E-state index contributed by atoms with van der Waals surface area (Å²) in [6.07, 6.45) is 0. The van der Waals surface area contributed by atoms with Crippen LogP contribution in [0.3, 0.4) is 0 Å². The predicted octanol–water partition coefficient (Wildman–Crippen LogP) is 0.574. The van der Waals surface area contributed by atoms with E-state index < -0.39 is 0 Å². The zero-order valence-electron chi connectivity index (χ0n) is 9.60. The maximum absolute atomic E-state index is 9.29. The number of aliphatic hydroxyl groups excluding tert-OH is 1. The second-order valence-corrected chi connectivity index (χ2v) is 4.63. The highest BCUT2D eigenvalue weighted by atomic mass is 16.5. The van der Waals surface area contributed by atoms with Crippen LogP contribution in [0.1, 0.15) is 5.69 Å². The van der Waals surface area contributed by atoms with Crippen LogP contribution in [-0.2, 0) is 17.9 Å². The van der Waals surface area contributed by atoms with Gasteiger partial charge in [-0.2, -0.15) is 0 Å². The SMILES string of the molecule is [B]c1ccc2cc3n(c2c1)CC(CO)COC3. The molecule has 2 radical (unpaired) electrons. The number of hydrogen-bond acceptors (Lipinski definition) is 2. The number of hydrogen-bond donors (Lipinski definition) is 1. The molecule has 0 aliphatic carbocycles. The van der Waals surface area contributed by atoms with Crippen molar-refractivity contribution in [2.24, 2.45) is 5.92 Å². The first-order valence-electron chi connectivity index (χ1n) is 5.84. The van der Waals surface area contributed by atoms with Crippen molar-refractivity contribution in [3.05, 3.63) is 30.0 Å². The molecule has 0 bridgehead atoms. The molecule has 1 aliphatic rings. The highest BCUT2D eigenvalue weighted by Crippen LogP contribution is 2.23. The van der Waals surface area contributed by atoms with Gasteiger partial charge in [0.15, 0.2) is 0 Å². The van der Waals surface area contributed by atoms with Gasteiger partial charge in [0.25, 0.3) is 0 Å². The topological polar surface area (TPSA) is 34.4 Å². The molecule has 3 rings (SSSR count). The number of fused-ring (bicyclic) bond motifs is 3. The van der Waals surface area contributed by atoms with Crippen molar-refractivity contribution >= 4 is 24.2 Å². The lowest BCUT2D eigenvalue weighted by atomic mass is 9.95. The van der Waals surface area contributed by atoms with Gasteiger partial charge in [-0.15, -0.1) is 0 Å². The van der Waals surface area contributed by atoms with E-state index in [-0.39, 0.29) is 12.5 Å². The number of ether oxygens (including phenoxy) is 1. The fourth-order valence-electron chi connectivity index (χ4n) is 2.42. The van der Waals surface area contributed by atoms with Gasteiger partial charge in [-0.25, -0.2) is 0 Å². The largest absolute Gasteiger partial charge is 0.396 e. The van der Waals surface area contributed by atoms with Crippen LogP contribution in [0.15, 0.2) is 24.3 Å². The van der Waals surface area contributed by atoms with E-state index in [0.717, 1.165) is 23.2 Å². The third-order valence-electron chi connectivity index (χ3n) is 3.32. The van der Waals surface area contributed by atoms with Gasteiger partial charge in [0, 0.05) is 30.3 Å². The van der Waals surface area contributed by atoms with Crippen LogP contribution >= 0.6 is 0 Å². The molecular weight excluding hydrogens is 213 g/mol. The number of aliphatic hydroxyl groups is 1. The van der Waals surface area contributed by atoms with Crippen LogP contribution in [0.25, 0.3) is 10.9 Å². The Kier molecular flexibility index (Phi) is 2.69. The minimum atomic E-state index is 0.154. The van der Waals surface area contributed by atoms with E-state index in [2.05, 4.69) is 10.6 Å². The Morgan fingerprint density at radius 1 is 1.41 bits per heavy atom. The van der Waals surface area contributed by atoms with E-state index >= 15 is 0 Å². The van der Waals surface area contributed by atoms with E-state index in [4.69, 9.17) is 12.6 Å². The van der Waals surface area contributed by atoms with Crippen LogP contribution in [0, 0.1) is 5.92 Å². The molecule has 0 saturated carbocycles. The molecule has 4 heteroatoms. The van der Waals surface area contributed by atoms with Gasteiger partial charge in [0.1, 0.15) is 7.85 Å². The Bertz CT molecular complexity index is 550. The molecule has 0 spiro atoms. The predicted molar refractivity (Wildman–Crippen MR) is 67.6 cm³/mol. The standard InChI is InChI=1S/C13H14BNO2/c14-11-2-1-10-3-12-8-17-7-9(6-16)5-15(12)13(10)4-11/h1-4,9,16H,5-8H2. The van der Waals surface area contributed by atoms with E-state index in [1.54, 1.807) is 0 Å². The molecule has 17 heavy (non-hydrogen) atoms. The monoisotopic (exact) mass is 227 g/mol. The number of nitrogens with zero attached hydrogens (tertiary/aromatic N) is 1. The molecule has 1 unspecified atom stereocenters. The number of aromatic nitrogens is 1. The van der Waals surface area contributed by atoms with E-state index in [1.807, 2.05) is 18.2 Å². The van der Waals surface area contributed by atoms with Crippen LogP contribution in [0.5, 0.6) is 0 Å². The van der Waals surface area contributed by atoms with Gasteiger partial charge >= 0.3 is 0 Å². The zero-order valence-corrected chi connectivity index (χ0v) is 9.60. The van der Waals surface area contributed by atoms with Gasteiger partial charge in [-0.1, -0.05) is 17.6 Å². The Hall–Kier alpha value is -1.26. The van der Waals surface area contributed by atoms with Gasteiger partial charge in [-0.3, -0.25) is 0 Å². The second kappa shape index (κ2) is 4.20. The van der Waals surface area contributed by atoms with E-state index in [1.165, 1.54) is 5.39 Å². The first-order valence-corrected chi connectivity index (χ1v) is 5.84. The molecule has 1 aromatic carbocycles. The average molecular weight is 227 g/mol. The normalized spacial score (nSPS) is 20.2. The Balaban J connectivity index is 2.14. The Morgan fingerprint density at radius 3 is 3.12 bits per heavy atom. The molecule has 1 atom stereocenters. The number of rotatable bonds is 1. The molecular formula is C13H14BNO2. The van der Waals surface area contributed by atoms with Crippen LogP contribution in [-0.4, -0.2) is 30.7 Å². The third-order valence-corrected chi connectivity index (χ3v) is 3.32. The maximum atomic E-state index is 9.29. The Labute approximate surface area is 101 Å². The second-order valence-electron chi connectivity index (χ2n) is 4.63. The van der Waals surface area contributed by atoms with Gasteiger partial charge < -0.3 is 14.4 Å². The van der Waals surface area contributed by atoms with E-state index in [0.29, 0.717) is 13.2 Å². The van der Waals surface area contributed by atoms with Crippen molar-refractivity contribution in [1.82, 2.24) is 4.57 Å². The summed E-state index contributed by atoms with van der Waals surface area (Å²) in [7, 11) is 5.83. The molecule has 2 aromatic rings. The Morgan fingerprint density at radius 2 is 2.29 bits per heavy atom. The summed E-state index contributed by atoms with van der Waals surface area (Å²) in [6, 6.07) is 8.06. The molecule has 1 aromatic heterocycles. The average Bonchev–Trinajstić information content (AvgIpc) is 2.54. The summed E-state index contributed by atoms with van der Waals surface area (Å²) in [6.45, 7) is 2.16. The van der Waals surface area contributed by atoms with Crippen LogP contribution in [0.2, 0.25) is 0 Å². The lowest BCUT2D eigenvalue weighted by molar-refractivity contribution is 0.0701. The van der Waals surface area contributed by atoms with E-state index in [9.17, 15) is 5.11 Å². The highest BCUT2D eigenvalue weighted by molar-refractivity contribution is 6.33. The summed E-state index contributed by atoms with van der Waals surface area (Å²) < 4.78 is 7.78. The summed E-state index contributed by atoms with van der Waals surface area (Å²) in [5.41, 5.74) is 3.05. The molecule has 1 N–H and O–H groups in total. The minimum Gasteiger partial charge on any atom is -0.396 e. The highest BCUT2D eigenvalue weighted by Gasteiger charge is 2.18. The smallest absolute Gasteiger partial charge is 0.113 e. The van der Waals surface area contributed by atoms with Crippen molar-refractivity contribution in [3.63, 3.8) is 0 Å². The first kappa shape index (κ1) is 10.9. The molecule has 3 nitrogen and oxygen atoms in total. The molecule has 0 amide bonds. The van der Waals surface area contributed by atoms with Gasteiger partial charge in [-0.05, 0) is 17.5 Å². The minimum absolute atomic E-state index is 0.154. The number of benzene rings is 1. The molecule has 0 saturated heterocycles.